The molecule has 178 valence electrons. The second kappa shape index (κ2) is 11.6. The Bertz CT molecular complexity index is 1030. The van der Waals surface area contributed by atoms with Gasteiger partial charge in [-0.05, 0) is 56.2 Å². The van der Waals surface area contributed by atoms with Gasteiger partial charge in [-0.15, -0.1) is 0 Å². The highest BCUT2D eigenvalue weighted by Crippen LogP contribution is 2.36. The van der Waals surface area contributed by atoms with E-state index in [1.807, 2.05) is 0 Å². The molecule has 2 aromatic rings. The van der Waals surface area contributed by atoms with Crippen molar-refractivity contribution < 1.29 is 37.4 Å². The molecule has 0 fully saturated rings. The van der Waals surface area contributed by atoms with Crippen LogP contribution in [0.2, 0.25) is 5.02 Å². The van der Waals surface area contributed by atoms with Gasteiger partial charge in [-0.1, -0.05) is 11.6 Å². The van der Waals surface area contributed by atoms with Gasteiger partial charge >= 0.3 is 12.1 Å². The van der Waals surface area contributed by atoms with Crippen LogP contribution in [0.3, 0.4) is 0 Å². The number of nitrogens with one attached hydrogen (secondary N) is 2. The Labute approximate surface area is 192 Å². The molecule has 2 rings (SSSR count). The third kappa shape index (κ3) is 7.98. The van der Waals surface area contributed by atoms with Crippen molar-refractivity contribution in [2.24, 2.45) is 0 Å². The first kappa shape index (κ1) is 26.0. The number of anilines is 2. The van der Waals surface area contributed by atoms with Gasteiger partial charge < -0.3 is 20.5 Å². The van der Waals surface area contributed by atoms with Gasteiger partial charge in [-0.3, -0.25) is 14.4 Å². The summed E-state index contributed by atoms with van der Waals surface area (Å²) in [6.07, 6.45) is -3.92. The van der Waals surface area contributed by atoms with Crippen LogP contribution in [0.4, 0.5) is 24.5 Å². The van der Waals surface area contributed by atoms with Gasteiger partial charge in [0.1, 0.15) is 5.75 Å². The molecule has 0 atom stereocenters. The number of rotatable bonds is 10. The molecular weight excluding hydrogens is 465 g/mol. The van der Waals surface area contributed by atoms with E-state index in [1.165, 1.54) is 24.3 Å². The van der Waals surface area contributed by atoms with E-state index in [0.717, 1.165) is 12.1 Å². The van der Waals surface area contributed by atoms with Gasteiger partial charge in [0, 0.05) is 24.2 Å². The first-order valence-corrected chi connectivity index (χ1v) is 10.4. The van der Waals surface area contributed by atoms with Crippen LogP contribution in [0.1, 0.15) is 48.5 Å². The van der Waals surface area contributed by atoms with Gasteiger partial charge in [0.15, 0.2) is 0 Å². The van der Waals surface area contributed by atoms with Crippen molar-refractivity contribution in [1.82, 2.24) is 0 Å². The summed E-state index contributed by atoms with van der Waals surface area (Å²) in [5, 5.41) is 13.1. The summed E-state index contributed by atoms with van der Waals surface area (Å²) in [7, 11) is 0. The van der Waals surface area contributed by atoms with Crippen molar-refractivity contribution in [3.8, 4) is 5.75 Å². The van der Waals surface area contributed by atoms with E-state index in [1.54, 1.807) is 6.92 Å². The first-order chi connectivity index (χ1) is 15.5. The lowest BCUT2D eigenvalue weighted by Crippen LogP contribution is -2.16. The summed E-state index contributed by atoms with van der Waals surface area (Å²) in [5.41, 5.74) is -0.925. The second-order valence-corrected chi connectivity index (χ2v) is 7.35. The number of carboxylic acids is 1. The van der Waals surface area contributed by atoms with Crippen LogP contribution in [-0.4, -0.2) is 29.5 Å². The lowest BCUT2D eigenvalue weighted by Gasteiger charge is -2.15. The average Bonchev–Trinajstić information content (AvgIpc) is 2.73. The molecule has 0 heterocycles. The number of alkyl halides is 3. The number of unbranched alkanes of at least 4 members (excludes halogenated alkanes) is 1. The summed E-state index contributed by atoms with van der Waals surface area (Å²) in [6.45, 7) is 1.93. The number of benzene rings is 2. The van der Waals surface area contributed by atoms with Crippen LogP contribution >= 0.6 is 11.6 Å². The Morgan fingerprint density at radius 3 is 2.27 bits per heavy atom. The summed E-state index contributed by atoms with van der Waals surface area (Å²) in [4.78, 5) is 35.4. The van der Waals surface area contributed by atoms with Crippen LogP contribution in [0.5, 0.6) is 5.75 Å². The maximum atomic E-state index is 13.1. The Morgan fingerprint density at radius 2 is 1.64 bits per heavy atom. The molecule has 0 saturated heterocycles. The number of halogens is 4. The smallest absolute Gasteiger partial charge is 0.417 e. The highest BCUT2D eigenvalue weighted by Gasteiger charge is 2.33. The summed E-state index contributed by atoms with van der Waals surface area (Å²) >= 11 is 5.61. The monoisotopic (exact) mass is 486 g/mol. The van der Waals surface area contributed by atoms with E-state index >= 15 is 0 Å². The lowest BCUT2D eigenvalue weighted by molar-refractivity contribution is -0.138. The minimum atomic E-state index is -4.69. The molecule has 0 aromatic heterocycles. The highest BCUT2D eigenvalue weighted by molar-refractivity contribution is 6.31. The molecule has 0 aliphatic rings. The van der Waals surface area contributed by atoms with Gasteiger partial charge in [-0.2, -0.15) is 13.2 Å². The van der Waals surface area contributed by atoms with Crippen molar-refractivity contribution in [3.63, 3.8) is 0 Å². The third-order valence-electron chi connectivity index (χ3n) is 4.38. The van der Waals surface area contributed by atoms with E-state index in [-0.39, 0.29) is 48.0 Å². The molecule has 2 amide bonds. The van der Waals surface area contributed by atoms with Crippen LogP contribution < -0.4 is 15.4 Å². The highest BCUT2D eigenvalue weighted by atomic mass is 35.5. The molecule has 0 spiro atoms. The molecule has 0 bridgehead atoms. The van der Waals surface area contributed by atoms with Crippen LogP contribution in [0, 0.1) is 0 Å². The number of carboxylic acid groups (broad SMARTS) is 1. The molecule has 0 unspecified atom stereocenters. The number of amides is 2. The van der Waals surface area contributed by atoms with Crippen molar-refractivity contribution in [1.29, 1.82) is 0 Å². The third-order valence-corrected chi connectivity index (χ3v) is 4.71. The topological polar surface area (TPSA) is 105 Å². The molecular formula is C22H22ClF3N2O5. The number of hydrogen-bond donors (Lipinski definition) is 3. The first-order valence-electron chi connectivity index (χ1n) is 9.97. The molecule has 11 heteroatoms. The molecule has 3 N–H and O–H groups in total. The Morgan fingerprint density at radius 1 is 1.00 bits per heavy atom. The molecule has 0 saturated carbocycles. The van der Waals surface area contributed by atoms with Crippen LogP contribution in [-0.2, 0) is 15.8 Å². The Balaban J connectivity index is 2.18. The van der Waals surface area contributed by atoms with Gasteiger partial charge in [0.25, 0.3) is 5.91 Å². The Hall–Kier alpha value is -3.27. The summed E-state index contributed by atoms with van der Waals surface area (Å²) in [6, 6.07) is 7.31. The fraction of sp³-hybridized carbons (Fsp3) is 0.318. The van der Waals surface area contributed by atoms with E-state index in [4.69, 9.17) is 21.4 Å². The average molecular weight is 487 g/mol. The Kier molecular flexibility index (Phi) is 9.10. The minimum absolute atomic E-state index is 0.00374. The fourth-order valence-electron chi connectivity index (χ4n) is 2.87. The number of aliphatic carboxylic acids is 1. The maximum Gasteiger partial charge on any atom is 0.417 e. The van der Waals surface area contributed by atoms with E-state index < -0.39 is 28.6 Å². The van der Waals surface area contributed by atoms with E-state index in [9.17, 15) is 27.6 Å². The number of carbonyl (C=O) groups is 3. The zero-order valence-corrected chi connectivity index (χ0v) is 18.3. The van der Waals surface area contributed by atoms with Gasteiger partial charge in [-0.25, -0.2) is 0 Å². The maximum absolute atomic E-state index is 13.1. The molecule has 2 aromatic carbocycles. The van der Waals surface area contributed by atoms with Crippen molar-refractivity contribution in [3.05, 3.63) is 52.5 Å². The predicted octanol–water partition coefficient (Wildman–Crippen LogP) is 5.59. The lowest BCUT2D eigenvalue weighted by atomic mass is 10.1. The molecule has 0 radical (unpaired) electrons. The summed E-state index contributed by atoms with van der Waals surface area (Å²) < 4.78 is 44.7. The zero-order valence-electron chi connectivity index (χ0n) is 17.6. The van der Waals surface area contributed by atoms with Gasteiger partial charge in [0.2, 0.25) is 5.91 Å². The number of carbonyl (C=O) groups excluding carboxylic acids is 2. The molecule has 7 nitrogen and oxygen atoms in total. The van der Waals surface area contributed by atoms with Crippen LogP contribution in [0.15, 0.2) is 36.4 Å². The predicted molar refractivity (Wildman–Crippen MR) is 117 cm³/mol. The standard InChI is InChI=1S/C22H22ClF3N2O5/c1-2-33-18-10-8-13(27-19(29)5-3-4-6-20(30)31)11-15(18)21(32)28-14-7-9-17(23)16(12-14)22(24,25)26/h7-12H,2-6H2,1H3,(H,27,29)(H,28,32)(H,30,31). The van der Waals surface area contributed by atoms with E-state index in [2.05, 4.69) is 10.6 Å². The zero-order chi connectivity index (χ0) is 24.6. The minimum Gasteiger partial charge on any atom is -0.493 e. The quantitative estimate of drug-likeness (QED) is 0.379. The number of ether oxygens (including phenoxy) is 1. The number of hydrogen-bond acceptors (Lipinski definition) is 4. The second-order valence-electron chi connectivity index (χ2n) is 6.94. The molecule has 0 aliphatic carbocycles. The largest absolute Gasteiger partial charge is 0.493 e. The van der Waals surface area contributed by atoms with E-state index in [0.29, 0.717) is 12.8 Å². The fourth-order valence-corrected chi connectivity index (χ4v) is 3.10. The normalized spacial score (nSPS) is 11.1. The summed E-state index contributed by atoms with van der Waals surface area (Å²) in [5.74, 6) is -1.88. The van der Waals surface area contributed by atoms with Crippen LogP contribution in [0.25, 0.3) is 0 Å². The molecule has 33 heavy (non-hydrogen) atoms. The molecule has 0 aliphatic heterocycles. The van der Waals surface area contributed by atoms with Crippen molar-refractivity contribution >= 4 is 40.8 Å². The SMILES string of the molecule is CCOc1ccc(NC(=O)CCCCC(=O)O)cc1C(=O)Nc1ccc(Cl)c(C(F)(F)F)c1. The van der Waals surface area contributed by atoms with Gasteiger partial charge in [0.05, 0.1) is 22.8 Å². The van der Waals surface area contributed by atoms with Crippen molar-refractivity contribution in [2.75, 3.05) is 17.2 Å². The van der Waals surface area contributed by atoms with Crippen molar-refractivity contribution in [2.45, 2.75) is 38.8 Å².